The molecule has 0 aromatic carbocycles. The van der Waals surface area contributed by atoms with Crippen LogP contribution in [0.4, 0.5) is 0 Å². The first-order valence-electron chi connectivity index (χ1n) is 6.96. The fourth-order valence-corrected chi connectivity index (χ4v) is 3.74. The summed E-state index contributed by atoms with van der Waals surface area (Å²) in [6.07, 6.45) is 3.99. The molecule has 0 amide bonds. The third-order valence-electron chi connectivity index (χ3n) is 4.79. The molecule has 1 N–H and O–H groups in total. The first-order chi connectivity index (χ1) is 7.67. The normalized spacial score (nSPS) is 28.4. The molecular weight excluding hydrogens is 228 g/mol. The summed E-state index contributed by atoms with van der Waals surface area (Å²) in [6, 6.07) is 0. The van der Waals surface area contributed by atoms with Gasteiger partial charge < -0.3 is 9.53 Å². The quantitative estimate of drug-likeness (QED) is 0.777. The van der Waals surface area contributed by atoms with Crippen LogP contribution in [0.3, 0.4) is 0 Å². The maximum Gasteiger partial charge on any atom is 0.192 e. The Morgan fingerprint density at radius 1 is 1.29 bits per heavy atom. The third kappa shape index (κ3) is 3.80. The van der Waals surface area contributed by atoms with Crippen molar-refractivity contribution in [3.63, 3.8) is 0 Å². The van der Waals surface area contributed by atoms with Gasteiger partial charge in [0.2, 0.25) is 0 Å². The highest BCUT2D eigenvalue weighted by Gasteiger charge is 2.41. The molecule has 0 saturated heterocycles. The second-order valence-corrected chi connectivity index (χ2v) is 12.0. The van der Waals surface area contributed by atoms with Crippen LogP contribution in [0.15, 0.2) is 0 Å². The van der Waals surface area contributed by atoms with Gasteiger partial charge in [0.1, 0.15) is 0 Å². The Morgan fingerprint density at radius 2 is 1.88 bits per heavy atom. The van der Waals surface area contributed by atoms with Crippen LogP contribution in [-0.4, -0.2) is 26.1 Å². The van der Waals surface area contributed by atoms with Gasteiger partial charge in [0.25, 0.3) is 0 Å². The molecule has 2 nitrogen and oxygen atoms in total. The average molecular weight is 258 g/mol. The summed E-state index contributed by atoms with van der Waals surface area (Å²) < 4.78 is 6.45. The summed E-state index contributed by atoms with van der Waals surface area (Å²) in [6.45, 7) is 14.0. The predicted octanol–water partition coefficient (Wildman–Crippen LogP) is 3.81. The smallest absolute Gasteiger partial charge is 0.192 e. The Balaban J connectivity index is 2.51. The van der Waals surface area contributed by atoms with Crippen molar-refractivity contribution < 1.29 is 9.53 Å². The van der Waals surface area contributed by atoms with E-state index in [-0.39, 0.29) is 0 Å². The van der Waals surface area contributed by atoms with Crippen LogP contribution in [0.5, 0.6) is 0 Å². The van der Waals surface area contributed by atoms with Gasteiger partial charge in [0.05, 0.1) is 0 Å². The number of hydrogen-bond donors (Lipinski definition) is 1. The Labute approximate surface area is 108 Å². The summed E-state index contributed by atoms with van der Waals surface area (Å²) in [4.78, 5) is 0. The van der Waals surface area contributed by atoms with Crippen molar-refractivity contribution in [3.8, 4) is 0 Å². The summed E-state index contributed by atoms with van der Waals surface area (Å²) in [7, 11) is -1.61. The fourth-order valence-electron chi connectivity index (χ4n) is 2.34. The molecule has 0 spiro atoms. The molecule has 3 heteroatoms. The van der Waals surface area contributed by atoms with E-state index >= 15 is 0 Å². The van der Waals surface area contributed by atoms with Crippen molar-refractivity contribution >= 4 is 8.32 Å². The Bertz CT molecular complexity index is 245. The molecule has 1 saturated carbocycles. The van der Waals surface area contributed by atoms with Crippen molar-refractivity contribution in [2.45, 2.75) is 71.2 Å². The second-order valence-electron chi connectivity index (χ2n) is 7.23. The summed E-state index contributed by atoms with van der Waals surface area (Å²) >= 11 is 0. The van der Waals surface area contributed by atoms with Crippen LogP contribution >= 0.6 is 0 Å². The zero-order valence-electron chi connectivity index (χ0n) is 12.4. The molecule has 1 rings (SSSR count). The number of hydrogen-bond acceptors (Lipinski definition) is 2. The summed E-state index contributed by atoms with van der Waals surface area (Å²) in [5.41, 5.74) is 0. The standard InChI is InChI=1S/C14H30O2Si/c1-11(10-15)12-7-8-13(9-12)16-17(5,6)14(2,3)4/h11-13,15H,7-10H2,1-6H3/t11-,12+,13?/m0/s1. The lowest BCUT2D eigenvalue weighted by Crippen LogP contribution is -2.43. The SMILES string of the molecule is C[C@@H](CO)[C@@H]1CCC(O[Si](C)(C)C(C)(C)C)C1. The summed E-state index contributed by atoms with van der Waals surface area (Å²) in [5, 5.41) is 9.51. The third-order valence-corrected chi connectivity index (χ3v) is 9.32. The van der Waals surface area contributed by atoms with Crippen LogP contribution in [-0.2, 0) is 4.43 Å². The van der Waals surface area contributed by atoms with Crippen molar-refractivity contribution in [3.05, 3.63) is 0 Å². The molecule has 1 unspecified atom stereocenters. The highest BCUT2D eigenvalue weighted by atomic mass is 28.4. The molecule has 1 aliphatic rings. The number of rotatable bonds is 4. The van der Waals surface area contributed by atoms with Gasteiger partial charge in [-0.1, -0.05) is 27.7 Å². The molecule has 1 aliphatic carbocycles. The van der Waals surface area contributed by atoms with Crippen molar-refractivity contribution in [1.29, 1.82) is 0 Å². The maximum atomic E-state index is 9.21. The van der Waals surface area contributed by atoms with Crippen LogP contribution < -0.4 is 0 Å². The van der Waals surface area contributed by atoms with E-state index in [4.69, 9.17) is 4.43 Å². The molecule has 0 heterocycles. The van der Waals surface area contributed by atoms with E-state index in [2.05, 4.69) is 40.8 Å². The first-order valence-corrected chi connectivity index (χ1v) is 9.87. The highest BCUT2D eigenvalue weighted by Crippen LogP contribution is 2.41. The van der Waals surface area contributed by atoms with Gasteiger partial charge in [0, 0.05) is 12.7 Å². The molecule has 17 heavy (non-hydrogen) atoms. The molecule has 0 aliphatic heterocycles. The lowest BCUT2D eigenvalue weighted by atomic mass is 9.93. The maximum absolute atomic E-state index is 9.21. The van der Waals surface area contributed by atoms with E-state index in [1.807, 2.05) is 0 Å². The van der Waals surface area contributed by atoms with Gasteiger partial charge in [-0.3, -0.25) is 0 Å². The van der Waals surface area contributed by atoms with Gasteiger partial charge in [-0.15, -0.1) is 0 Å². The lowest BCUT2D eigenvalue weighted by Gasteiger charge is -2.38. The molecular formula is C14H30O2Si. The average Bonchev–Trinajstić information content (AvgIpc) is 2.62. The fraction of sp³-hybridized carbons (Fsp3) is 1.00. The molecule has 0 aromatic rings. The number of aliphatic hydroxyl groups is 1. The Hall–Kier alpha value is 0.137. The summed E-state index contributed by atoms with van der Waals surface area (Å²) in [5.74, 6) is 1.10. The largest absolute Gasteiger partial charge is 0.414 e. The Kier molecular flexibility index (Phi) is 4.84. The van der Waals surface area contributed by atoms with E-state index in [9.17, 15) is 5.11 Å². The van der Waals surface area contributed by atoms with Gasteiger partial charge in [-0.2, -0.15) is 0 Å². The van der Waals surface area contributed by atoms with Crippen LogP contribution in [0.25, 0.3) is 0 Å². The van der Waals surface area contributed by atoms with E-state index in [1.54, 1.807) is 0 Å². The highest BCUT2D eigenvalue weighted by molar-refractivity contribution is 6.74. The zero-order chi connectivity index (χ0) is 13.3. The van der Waals surface area contributed by atoms with Crippen molar-refractivity contribution in [2.24, 2.45) is 11.8 Å². The minimum atomic E-state index is -1.61. The molecule has 3 atom stereocenters. The molecule has 0 bridgehead atoms. The first kappa shape index (κ1) is 15.2. The molecule has 0 aromatic heterocycles. The van der Waals surface area contributed by atoms with Crippen molar-refractivity contribution in [1.82, 2.24) is 0 Å². The molecule has 0 radical (unpaired) electrons. The number of aliphatic hydroxyl groups excluding tert-OH is 1. The topological polar surface area (TPSA) is 29.5 Å². The van der Waals surface area contributed by atoms with E-state index in [0.717, 1.165) is 6.42 Å². The van der Waals surface area contributed by atoms with Crippen LogP contribution in [0.2, 0.25) is 18.1 Å². The zero-order valence-corrected chi connectivity index (χ0v) is 13.4. The lowest BCUT2D eigenvalue weighted by molar-refractivity contribution is 0.157. The van der Waals surface area contributed by atoms with Gasteiger partial charge in [0.15, 0.2) is 8.32 Å². The van der Waals surface area contributed by atoms with E-state index in [1.165, 1.54) is 12.8 Å². The van der Waals surface area contributed by atoms with Crippen molar-refractivity contribution in [2.75, 3.05) is 6.61 Å². The monoisotopic (exact) mass is 258 g/mol. The second kappa shape index (κ2) is 5.41. The van der Waals surface area contributed by atoms with Gasteiger partial charge in [-0.05, 0) is 49.2 Å². The molecule has 102 valence electrons. The molecule has 1 fully saturated rings. The van der Waals surface area contributed by atoms with Crippen LogP contribution in [0.1, 0.15) is 47.0 Å². The Morgan fingerprint density at radius 3 is 2.35 bits per heavy atom. The minimum Gasteiger partial charge on any atom is -0.414 e. The van der Waals surface area contributed by atoms with Gasteiger partial charge in [-0.25, -0.2) is 0 Å². The van der Waals surface area contributed by atoms with Crippen LogP contribution in [0, 0.1) is 11.8 Å². The van der Waals surface area contributed by atoms with E-state index < -0.39 is 8.32 Å². The predicted molar refractivity (Wildman–Crippen MR) is 75.7 cm³/mol. The van der Waals surface area contributed by atoms with Gasteiger partial charge >= 0.3 is 0 Å². The van der Waals surface area contributed by atoms with E-state index in [0.29, 0.717) is 29.6 Å². The minimum absolute atomic E-state index is 0.299.